The van der Waals surface area contributed by atoms with Crippen molar-refractivity contribution in [2.24, 2.45) is 0 Å². The summed E-state index contributed by atoms with van der Waals surface area (Å²) in [5.41, 5.74) is 1.46. The molecule has 0 aliphatic carbocycles. The van der Waals surface area contributed by atoms with Crippen LogP contribution in [0, 0.1) is 6.92 Å². The Kier molecular flexibility index (Phi) is 3.47. The van der Waals surface area contributed by atoms with Crippen LogP contribution < -0.4 is 5.32 Å². The van der Waals surface area contributed by atoms with E-state index in [1.807, 2.05) is 57.2 Å². The second-order valence-corrected chi connectivity index (χ2v) is 5.60. The highest BCUT2D eigenvalue weighted by molar-refractivity contribution is 6.01. The fraction of sp³-hybridized carbons (Fsp3) is 0.312. The maximum Gasteiger partial charge on any atom is 0.412 e. The van der Waals surface area contributed by atoms with Gasteiger partial charge in [-0.15, -0.1) is 0 Å². The Morgan fingerprint density at radius 3 is 2.32 bits per heavy atom. The van der Waals surface area contributed by atoms with E-state index in [0.29, 0.717) is 0 Å². The van der Waals surface area contributed by atoms with Crippen molar-refractivity contribution in [1.29, 1.82) is 0 Å². The first-order chi connectivity index (χ1) is 8.87. The first-order valence-corrected chi connectivity index (χ1v) is 6.35. The Bertz CT molecular complexity index is 612. The number of nitrogens with one attached hydrogen (secondary N) is 1. The maximum atomic E-state index is 11.8. The van der Waals surface area contributed by atoms with Crippen LogP contribution in [0.3, 0.4) is 0 Å². The zero-order chi connectivity index (χ0) is 14.0. The van der Waals surface area contributed by atoms with Gasteiger partial charge in [-0.1, -0.05) is 30.3 Å². The number of ether oxygens (including phenoxy) is 1. The quantitative estimate of drug-likeness (QED) is 0.817. The molecule has 0 spiro atoms. The molecule has 0 aliphatic rings. The van der Waals surface area contributed by atoms with Gasteiger partial charge in [-0.05, 0) is 44.7 Å². The molecular formula is C16H19NO2. The summed E-state index contributed by atoms with van der Waals surface area (Å²) in [5, 5.41) is 4.96. The number of amides is 1. The fourth-order valence-electron chi connectivity index (χ4n) is 1.97. The predicted octanol–water partition coefficient (Wildman–Crippen LogP) is 4.50. The van der Waals surface area contributed by atoms with E-state index < -0.39 is 11.7 Å². The highest BCUT2D eigenvalue weighted by Gasteiger charge is 2.16. The summed E-state index contributed by atoms with van der Waals surface area (Å²) < 4.78 is 5.27. The number of carbonyl (C=O) groups excluding carboxylic acids is 1. The summed E-state index contributed by atoms with van der Waals surface area (Å²) >= 11 is 0. The van der Waals surface area contributed by atoms with Gasteiger partial charge in [0.2, 0.25) is 0 Å². The molecule has 0 radical (unpaired) electrons. The van der Waals surface area contributed by atoms with Crippen molar-refractivity contribution in [2.45, 2.75) is 33.3 Å². The molecule has 0 heterocycles. The number of anilines is 1. The average Bonchev–Trinajstić information content (AvgIpc) is 2.31. The van der Waals surface area contributed by atoms with Crippen LogP contribution in [0.2, 0.25) is 0 Å². The summed E-state index contributed by atoms with van der Waals surface area (Å²) in [5.74, 6) is 0. The molecule has 0 atom stereocenters. The molecule has 2 rings (SSSR count). The zero-order valence-electron chi connectivity index (χ0n) is 11.8. The first kappa shape index (κ1) is 13.4. The molecule has 0 aromatic heterocycles. The van der Waals surface area contributed by atoms with Crippen LogP contribution in [0.1, 0.15) is 26.3 Å². The topological polar surface area (TPSA) is 38.3 Å². The van der Waals surface area contributed by atoms with Gasteiger partial charge in [0.15, 0.2) is 0 Å². The molecule has 0 bridgehead atoms. The number of carbonyl (C=O) groups is 1. The van der Waals surface area contributed by atoms with Gasteiger partial charge in [-0.3, -0.25) is 5.32 Å². The smallest absolute Gasteiger partial charge is 0.412 e. The van der Waals surface area contributed by atoms with Crippen molar-refractivity contribution < 1.29 is 9.53 Å². The first-order valence-electron chi connectivity index (χ1n) is 6.35. The molecule has 0 unspecified atom stereocenters. The third-order valence-corrected chi connectivity index (χ3v) is 2.78. The van der Waals surface area contributed by atoms with Crippen LogP contribution in [0.4, 0.5) is 10.5 Å². The number of hydrogen-bond acceptors (Lipinski definition) is 2. The molecule has 3 heteroatoms. The third kappa shape index (κ3) is 3.25. The van der Waals surface area contributed by atoms with Crippen LogP contribution in [0.5, 0.6) is 0 Å². The molecule has 2 aromatic carbocycles. The second-order valence-electron chi connectivity index (χ2n) is 5.60. The van der Waals surface area contributed by atoms with Gasteiger partial charge in [0, 0.05) is 5.39 Å². The highest BCUT2D eigenvalue weighted by Crippen LogP contribution is 2.26. The molecule has 0 saturated carbocycles. The summed E-state index contributed by atoms with van der Waals surface area (Å²) in [7, 11) is 0. The van der Waals surface area contributed by atoms with E-state index in [9.17, 15) is 4.79 Å². The molecule has 100 valence electrons. The van der Waals surface area contributed by atoms with Crippen LogP contribution in [0.25, 0.3) is 10.8 Å². The number of hydrogen-bond donors (Lipinski definition) is 1. The van der Waals surface area contributed by atoms with Crippen LogP contribution in [0.15, 0.2) is 36.4 Å². The monoisotopic (exact) mass is 257 g/mol. The molecule has 19 heavy (non-hydrogen) atoms. The predicted molar refractivity (Wildman–Crippen MR) is 78.5 cm³/mol. The zero-order valence-corrected chi connectivity index (χ0v) is 11.8. The fourth-order valence-corrected chi connectivity index (χ4v) is 1.97. The molecule has 1 amide bonds. The Balaban J connectivity index is 2.31. The molecule has 0 aliphatic heterocycles. The van der Waals surface area contributed by atoms with E-state index in [1.54, 1.807) is 0 Å². The summed E-state index contributed by atoms with van der Waals surface area (Å²) in [6, 6.07) is 11.9. The number of fused-ring (bicyclic) bond motifs is 1. The van der Waals surface area contributed by atoms with Gasteiger partial charge in [0.25, 0.3) is 0 Å². The number of rotatable bonds is 1. The average molecular weight is 257 g/mol. The Morgan fingerprint density at radius 2 is 1.68 bits per heavy atom. The van der Waals surface area contributed by atoms with E-state index >= 15 is 0 Å². The van der Waals surface area contributed by atoms with E-state index in [2.05, 4.69) is 12.2 Å². The minimum Gasteiger partial charge on any atom is -0.444 e. The van der Waals surface area contributed by atoms with E-state index in [-0.39, 0.29) is 0 Å². The van der Waals surface area contributed by atoms with Gasteiger partial charge >= 0.3 is 6.09 Å². The van der Waals surface area contributed by atoms with E-state index in [0.717, 1.165) is 16.5 Å². The van der Waals surface area contributed by atoms with Crippen molar-refractivity contribution in [1.82, 2.24) is 0 Å². The van der Waals surface area contributed by atoms with Crippen LogP contribution in [-0.4, -0.2) is 11.7 Å². The van der Waals surface area contributed by atoms with Crippen molar-refractivity contribution in [3.05, 3.63) is 42.0 Å². The van der Waals surface area contributed by atoms with Gasteiger partial charge < -0.3 is 4.74 Å². The van der Waals surface area contributed by atoms with Crippen LogP contribution >= 0.6 is 0 Å². The largest absolute Gasteiger partial charge is 0.444 e. The normalized spacial score (nSPS) is 11.4. The molecular weight excluding hydrogens is 238 g/mol. The summed E-state index contributed by atoms with van der Waals surface area (Å²) in [6.07, 6.45) is -0.429. The SMILES string of the molecule is Cc1ccc(NC(=O)OC(C)(C)C)c2ccccc12. The molecule has 0 fully saturated rings. The lowest BCUT2D eigenvalue weighted by Gasteiger charge is -2.20. The van der Waals surface area contributed by atoms with E-state index in [1.165, 1.54) is 5.56 Å². The molecule has 1 N–H and O–H groups in total. The third-order valence-electron chi connectivity index (χ3n) is 2.78. The lowest BCUT2D eigenvalue weighted by molar-refractivity contribution is 0.0636. The standard InChI is InChI=1S/C16H19NO2/c1-11-9-10-14(13-8-6-5-7-12(11)13)17-15(18)19-16(2,3)4/h5-10H,1-4H3,(H,17,18). The lowest BCUT2D eigenvalue weighted by atomic mass is 10.0. The number of benzene rings is 2. The Morgan fingerprint density at radius 1 is 1.05 bits per heavy atom. The van der Waals surface area contributed by atoms with Gasteiger partial charge in [0.05, 0.1) is 5.69 Å². The maximum absolute atomic E-state index is 11.8. The minimum absolute atomic E-state index is 0.429. The highest BCUT2D eigenvalue weighted by atomic mass is 16.6. The Labute approximate surface area is 113 Å². The molecule has 2 aromatic rings. The second kappa shape index (κ2) is 4.92. The summed E-state index contributed by atoms with van der Waals surface area (Å²) in [4.78, 5) is 11.8. The minimum atomic E-state index is -0.495. The molecule has 0 saturated heterocycles. The molecule has 3 nitrogen and oxygen atoms in total. The van der Waals surface area contributed by atoms with Crippen molar-refractivity contribution in [3.63, 3.8) is 0 Å². The van der Waals surface area contributed by atoms with Crippen molar-refractivity contribution in [2.75, 3.05) is 5.32 Å². The van der Waals surface area contributed by atoms with Gasteiger partial charge in [-0.2, -0.15) is 0 Å². The van der Waals surface area contributed by atoms with Gasteiger partial charge in [-0.25, -0.2) is 4.79 Å². The Hall–Kier alpha value is -2.03. The summed E-state index contributed by atoms with van der Waals surface area (Å²) in [6.45, 7) is 7.60. The number of aryl methyl sites for hydroxylation is 1. The van der Waals surface area contributed by atoms with Crippen molar-refractivity contribution in [3.8, 4) is 0 Å². The van der Waals surface area contributed by atoms with Crippen molar-refractivity contribution >= 4 is 22.6 Å². The van der Waals surface area contributed by atoms with Gasteiger partial charge in [0.1, 0.15) is 5.60 Å². The lowest BCUT2D eigenvalue weighted by Crippen LogP contribution is -2.27. The van der Waals surface area contributed by atoms with Crippen LogP contribution in [-0.2, 0) is 4.74 Å². The van der Waals surface area contributed by atoms with E-state index in [4.69, 9.17) is 4.74 Å².